The first-order chi connectivity index (χ1) is 42.9. The summed E-state index contributed by atoms with van der Waals surface area (Å²) in [7, 11) is 0. The summed E-state index contributed by atoms with van der Waals surface area (Å²) >= 11 is 7.37. The van der Waals surface area contributed by atoms with Gasteiger partial charge in [0, 0.05) is 111 Å². The molecule has 0 radical (unpaired) electrons. The van der Waals surface area contributed by atoms with Crippen molar-refractivity contribution in [2.24, 2.45) is 15.0 Å². The summed E-state index contributed by atoms with van der Waals surface area (Å²) in [5, 5.41) is 9.92. The van der Waals surface area contributed by atoms with Crippen LogP contribution in [0, 0.1) is 0 Å². The fourth-order valence-corrected chi connectivity index (χ4v) is 17.5. The van der Waals surface area contributed by atoms with Crippen molar-refractivity contribution >= 4 is 163 Å². The predicted octanol–water partition coefficient (Wildman–Crippen LogP) is 22.0. The molecule has 0 saturated heterocycles. The van der Waals surface area contributed by atoms with Crippen LogP contribution in [0.2, 0.25) is 0 Å². The maximum atomic E-state index is 5.54. The highest BCUT2D eigenvalue weighted by molar-refractivity contribution is 7.26. The van der Waals surface area contributed by atoms with Crippen LogP contribution in [-0.2, 0) is 19.4 Å². The van der Waals surface area contributed by atoms with E-state index >= 15 is 0 Å². The Kier molecular flexibility index (Phi) is 12.4. The van der Waals surface area contributed by atoms with Crippen LogP contribution >= 0.6 is 45.3 Å². The molecule has 17 rings (SSSR count). The van der Waals surface area contributed by atoms with Crippen LogP contribution in [0.3, 0.4) is 0 Å². The molecule has 0 fully saturated rings. The first kappa shape index (κ1) is 51.5. The number of amidine groups is 1. The largest absolute Gasteiger partial charge is 0.310 e. The second-order valence-electron chi connectivity index (χ2n) is 22.3. The van der Waals surface area contributed by atoms with Crippen LogP contribution < -0.4 is 4.90 Å². The number of aliphatic imine (C=N–C) groups is 3. The summed E-state index contributed by atoms with van der Waals surface area (Å²) < 4.78 is 11.4. The number of para-hydroxylation sites is 2. The molecule has 0 unspecified atom stereocenters. The number of benzene rings is 10. The lowest BCUT2D eigenvalue weighted by molar-refractivity contribution is 1.04. The van der Waals surface area contributed by atoms with Crippen LogP contribution in [-0.4, -0.2) is 23.1 Å². The van der Waals surface area contributed by atoms with Gasteiger partial charge in [-0.05, 0) is 167 Å². The van der Waals surface area contributed by atoms with Gasteiger partial charge in [-0.15, -0.1) is 45.3 Å². The van der Waals surface area contributed by atoms with Crippen molar-refractivity contribution in [3.05, 3.63) is 287 Å². The van der Waals surface area contributed by atoms with Crippen molar-refractivity contribution in [1.82, 2.24) is 4.57 Å². The van der Waals surface area contributed by atoms with Gasteiger partial charge in [0.15, 0.2) is 5.84 Å². The topological polar surface area (TPSA) is 45.2 Å². The van der Waals surface area contributed by atoms with Gasteiger partial charge in [-0.2, -0.15) is 4.99 Å². The van der Waals surface area contributed by atoms with E-state index in [0.717, 1.165) is 62.2 Å². The van der Waals surface area contributed by atoms with Gasteiger partial charge in [0.1, 0.15) is 0 Å². The van der Waals surface area contributed by atoms with Gasteiger partial charge in [-0.1, -0.05) is 140 Å². The van der Waals surface area contributed by atoms with E-state index < -0.39 is 0 Å². The molecule has 0 saturated carbocycles. The van der Waals surface area contributed by atoms with Crippen molar-refractivity contribution in [2.75, 3.05) is 4.90 Å². The zero-order chi connectivity index (χ0) is 57.7. The molecule has 5 aromatic heterocycles. The number of aromatic nitrogens is 1. The van der Waals surface area contributed by atoms with Crippen molar-refractivity contribution in [1.29, 1.82) is 0 Å². The first-order valence-corrected chi connectivity index (χ1v) is 32.5. The fraction of sp³-hybridized carbons (Fsp3) is 0.0385. The van der Waals surface area contributed by atoms with Crippen LogP contribution in [0.5, 0.6) is 0 Å². The Morgan fingerprint density at radius 1 is 0.483 bits per heavy atom. The highest BCUT2D eigenvalue weighted by Crippen LogP contribution is 2.44. The third kappa shape index (κ3) is 8.87. The zero-order valence-electron chi connectivity index (χ0n) is 47.1. The van der Waals surface area contributed by atoms with Gasteiger partial charge in [-0.3, -0.25) is 4.90 Å². The molecular formula is C78H51N5S4. The summed E-state index contributed by atoms with van der Waals surface area (Å²) in [5.74, 6) is 0.941. The van der Waals surface area contributed by atoms with Gasteiger partial charge in [-0.25, -0.2) is 9.98 Å². The van der Waals surface area contributed by atoms with Crippen LogP contribution in [0.4, 0.5) is 5.69 Å². The monoisotopic (exact) mass is 1190 g/mol. The molecule has 0 bridgehead atoms. The number of nitrogens with zero attached hydrogens (tertiary/aromatic N) is 5. The molecule has 87 heavy (non-hydrogen) atoms. The first-order valence-electron chi connectivity index (χ1n) is 29.2. The molecule has 9 heteroatoms. The Morgan fingerprint density at radius 2 is 1.07 bits per heavy atom. The Bertz CT molecular complexity index is 5440. The third-order valence-corrected chi connectivity index (χ3v) is 21.9. The van der Waals surface area contributed by atoms with E-state index in [1.54, 1.807) is 11.3 Å². The summed E-state index contributed by atoms with van der Waals surface area (Å²) in [4.78, 5) is 19.3. The number of guanidine groups is 1. The minimum Gasteiger partial charge on any atom is -0.310 e. The lowest BCUT2D eigenvalue weighted by Crippen LogP contribution is -2.30. The smallest absolute Gasteiger partial charge is 0.232 e. The molecule has 15 aromatic rings. The number of allylic oxidation sites excluding steroid dienone is 4. The molecule has 0 spiro atoms. The summed E-state index contributed by atoms with van der Waals surface area (Å²) in [6.45, 7) is 9.45. The molecule has 2 aliphatic rings. The summed E-state index contributed by atoms with van der Waals surface area (Å²) in [6.07, 6.45) is 14.7. The predicted molar refractivity (Wildman–Crippen MR) is 380 cm³/mol. The molecule has 1 aliphatic heterocycles. The van der Waals surface area contributed by atoms with Crippen molar-refractivity contribution < 1.29 is 0 Å². The standard InChI is InChI=1S/C78H51N5S4/c1-47-28-33-68-61(56-17-7-12-23-67(56)83(68)55-40-53(49-30-35-74-63(42-49)58-19-8-13-25-70(58)85-74)39-54(41-55)50-31-36-75-64(43-50)59-20-9-14-26-71(59)86-75)44-51-16-6-11-22-66(51)82(47)78(80-46-48-29-34-73-62(38-48)57-18-4-3-5-24-69(57)84-73)81-77(79-2)52-32-37-76-65(45-52)60-21-10-15-27-72(60)87-76/h3-23,25-43,45H,1-2,24,44,46H2/b33-28-,80-78?,81-77-. The van der Waals surface area contributed by atoms with E-state index in [0.29, 0.717) is 30.5 Å². The molecule has 10 aromatic carbocycles. The van der Waals surface area contributed by atoms with Crippen molar-refractivity contribution in [3.8, 4) is 27.9 Å². The minimum atomic E-state index is 0.370. The highest BCUT2D eigenvalue weighted by Gasteiger charge is 2.26. The molecule has 5 nitrogen and oxygen atoms in total. The quantitative estimate of drug-likeness (QED) is 0.121. The average molecular weight is 1190 g/mol. The normalized spacial score (nSPS) is 14.1. The van der Waals surface area contributed by atoms with Gasteiger partial charge < -0.3 is 4.57 Å². The Balaban J connectivity index is 0.845. The van der Waals surface area contributed by atoms with E-state index in [-0.39, 0.29) is 0 Å². The zero-order valence-corrected chi connectivity index (χ0v) is 50.3. The lowest BCUT2D eigenvalue weighted by Gasteiger charge is -2.26. The van der Waals surface area contributed by atoms with E-state index in [1.807, 2.05) is 34.0 Å². The van der Waals surface area contributed by atoms with Crippen molar-refractivity contribution in [3.63, 3.8) is 0 Å². The Labute approximate surface area is 518 Å². The number of hydrogen-bond acceptors (Lipinski definition) is 5. The van der Waals surface area contributed by atoms with E-state index in [2.05, 4.69) is 265 Å². The maximum Gasteiger partial charge on any atom is 0.232 e. The summed E-state index contributed by atoms with van der Waals surface area (Å²) in [6, 6.07) is 78.1. The Hall–Kier alpha value is -9.87. The molecular weight excluding hydrogens is 1140 g/mol. The van der Waals surface area contributed by atoms with Crippen LogP contribution in [0.1, 0.15) is 38.4 Å². The third-order valence-electron chi connectivity index (χ3n) is 17.2. The van der Waals surface area contributed by atoms with Crippen LogP contribution in [0.25, 0.3) is 122 Å². The van der Waals surface area contributed by atoms with Gasteiger partial charge in [0.05, 0.1) is 23.4 Å². The van der Waals surface area contributed by atoms with Crippen molar-refractivity contribution in [2.45, 2.75) is 19.4 Å². The number of thiophene rings is 4. The summed E-state index contributed by atoms with van der Waals surface area (Å²) in [5.41, 5.74) is 15.1. The molecule has 1 aliphatic carbocycles. The second kappa shape index (κ2) is 21.0. The van der Waals surface area contributed by atoms with Gasteiger partial charge >= 0.3 is 0 Å². The average Bonchev–Trinajstić information content (AvgIpc) is 2.09. The molecule has 412 valence electrons. The Morgan fingerprint density at radius 3 is 1.76 bits per heavy atom. The van der Waals surface area contributed by atoms with E-state index in [1.165, 1.54) is 97.7 Å². The number of fused-ring (bicyclic) bond motifs is 16. The number of hydrogen-bond donors (Lipinski definition) is 0. The highest BCUT2D eigenvalue weighted by atomic mass is 32.1. The molecule has 0 atom stereocenters. The molecule has 0 amide bonds. The fourth-order valence-electron chi connectivity index (χ4n) is 13.1. The number of anilines is 1. The molecule has 0 N–H and O–H groups in total. The minimum absolute atomic E-state index is 0.370. The van der Waals surface area contributed by atoms with E-state index in [9.17, 15) is 0 Å². The lowest BCUT2D eigenvalue weighted by atomic mass is 9.96. The maximum absolute atomic E-state index is 5.54. The SMILES string of the molecule is C=N/C(=N\C(=NCc1ccc2sc3c(c2c1)C=CC=CC3)N1C(=C)/C=C\c2c(c3ccccc3n2-c2cc(-c3ccc4sc5ccccc5c4c3)cc(-c3ccc4sc5ccccc5c4c3)c2)Cc2ccccc21)c1ccc2sc3ccccc3c2c1. The van der Waals surface area contributed by atoms with Gasteiger partial charge in [0.2, 0.25) is 5.96 Å². The molecule has 6 heterocycles. The second-order valence-corrected chi connectivity index (χ2v) is 26.7. The van der Waals surface area contributed by atoms with Gasteiger partial charge in [0.25, 0.3) is 0 Å². The van der Waals surface area contributed by atoms with Crippen LogP contribution in [0.15, 0.2) is 264 Å². The number of rotatable bonds is 6. The van der Waals surface area contributed by atoms with E-state index in [4.69, 9.17) is 21.6 Å².